The zero-order valence-corrected chi connectivity index (χ0v) is 15.5. The molecule has 0 saturated carbocycles. The number of anilines is 1. The molecule has 1 aliphatic carbocycles. The lowest BCUT2D eigenvalue weighted by atomic mass is 10.1. The third-order valence-corrected chi connectivity index (χ3v) is 5.31. The molecule has 28 heavy (non-hydrogen) atoms. The minimum absolute atomic E-state index is 0.565. The summed E-state index contributed by atoms with van der Waals surface area (Å²) in [5.74, 6) is -2.04. The highest BCUT2D eigenvalue weighted by Crippen LogP contribution is 2.31. The van der Waals surface area contributed by atoms with Gasteiger partial charge in [0.25, 0.3) is 10.1 Å². The van der Waals surface area contributed by atoms with Crippen LogP contribution in [0.3, 0.4) is 0 Å². The number of hydrogen-bond donors (Lipinski definition) is 4. The summed E-state index contributed by atoms with van der Waals surface area (Å²) >= 11 is 0. The van der Waals surface area contributed by atoms with Gasteiger partial charge in [-0.1, -0.05) is 18.2 Å². The molecule has 4 rings (SSSR count). The summed E-state index contributed by atoms with van der Waals surface area (Å²) in [6.07, 6.45) is 3.38. The van der Waals surface area contributed by atoms with Gasteiger partial charge in [-0.05, 0) is 49.1 Å². The lowest BCUT2D eigenvalue weighted by Crippen LogP contribution is -2.02. The van der Waals surface area contributed by atoms with Crippen molar-refractivity contribution in [3.63, 3.8) is 0 Å². The lowest BCUT2D eigenvalue weighted by molar-refractivity contribution is 0.0693. The van der Waals surface area contributed by atoms with Gasteiger partial charge in [-0.25, -0.2) is 4.79 Å². The summed E-state index contributed by atoms with van der Waals surface area (Å²) in [4.78, 5) is 14.5. The molecule has 0 bridgehead atoms. The molecule has 0 atom stereocenters. The van der Waals surface area contributed by atoms with Crippen molar-refractivity contribution < 1.29 is 28.0 Å². The van der Waals surface area contributed by atoms with Gasteiger partial charge in [0.1, 0.15) is 11.3 Å². The van der Waals surface area contributed by atoms with Gasteiger partial charge in [0.2, 0.25) is 0 Å². The monoisotopic (exact) mass is 402 g/mol. The first-order chi connectivity index (χ1) is 13.2. The maximum absolute atomic E-state index is 10.6. The van der Waals surface area contributed by atoms with Gasteiger partial charge in [-0.2, -0.15) is 8.42 Å². The number of aryl methyl sites for hydroxylation is 1. The maximum atomic E-state index is 10.6. The first-order valence-corrected chi connectivity index (χ1v) is 9.82. The van der Waals surface area contributed by atoms with E-state index in [1.165, 1.54) is 17.7 Å². The molecule has 1 aliphatic rings. The maximum Gasteiger partial charge on any atom is 0.339 e. The number of nitrogens with two attached hydrogens (primary N) is 1. The van der Waals surface area contributed by atoms with E-state index >= 15 is 0 Å². The van der Waals surface area contributed by atoms with Crippen LogP contribution in [0.25, 0.3) is 10.9 Å². The summed E-state index contributed by atoms with van der Waals surface area (Å²) in [5, 5.41) is 18.6. The quantitative estimate of drug-likeness (QED) is 0.478. The van der Waals surface area contributed by atoms with Crippen LogP contribution in [-0.4, -0.2) is 34.1 Å². The summed E-state index contributed by atoms with van der Waals surface area (Å²) in [6.45, 7) is 0. The molecule has 146 valence electrons. The Morgan fingerprint density at radius 2 is 1.82 bits per heavy atom. The Hall–Kier alpha value is -3.17. The molecule has 0 aliphatic heterocycles. The number of pyridine rings is 1. The Balaban J connectivity index is 0.000000161. The second-order valence-corrected chi connectivity index (χ2v) is 7.70. The van der Waals surface area contributed by atoms with Crippen LogP contribution in [0.2, 0.25) is 0 Å². The number of hydrogen-bond acceptors (Lipinski definition) is 6. The first-order valence-electron chi connectivity index (χ1n) is 8.38. The average Bonchev–Trinajstić information content (AvgIpc) is 3.10. The predicted octanol–water partition coefficient (Wildman–Crippen LogP) is 2.64. The number of aromatic carboxylic acids is 1. The van der Waals surface area contributed by atoms with Crippen molar-refractivity contribution in [2.75, 3.05) is 5.73 Å². The fourth-order valence-corrected chi connectivity index (χ4v) is 3.60. The van der Waals surface area contributed by atoms with Crippen molar-refractivity contribution in [3.05, 3.63) is 59.3 Å². The Kier molecular flexibility index (Phi) is 5.21. The minimum Gasteiger partial charge on any atom is -0.507 e. The van der Waals surface area contributed by atoms with Gasteiger partial charge in [0.15, 0.2) is 0 Å². The zero-order valence-electron chi connectivity index (χ0n) is 14.7. The minimum atomic E-state index is -4.45. The number of carboxylic acids is 1. The summed E-state index contributed by atoms with van der Waals surface area (Å²) in [7, 11) is -4.45. The summed E-state index contributed by atoms with van der Waals surface area (Å²) in [5.41, 5.74) is 10.0. The highest BCUT2D eigenvalue weighted by Gasteiger charge is 2.17. The number of fused-ring (bicyclic) bond motifs is 2. The number of phenols is 1. The van der Waals surface area contributed by atoms with Gasteiger partial charge in [-0.3, -0.25) is 9.54 Å². The fraction of sp³-hybridized carbons (Fsp3) is 0.158. The third kappa shape index (κ3) is 3.90. The average molecular weight is 402 g/mol. The van der Waals surface area contributed by atoms with E-state index in [0.29, 0.717) is 6.07 Å². The number of aromatic nitrogens is 1. The first kappa shape index (κ1) is 19.6. The highest BCUT2D eigenvalue weighted by atomic mass is 32.2. The van der Waals surface area contributed by atoms with E-state index in [4.69, 9.17) is 20.5 Å². The Labute approximate surface area is 161 Å². The normalized spacial score (nSPS) is 12.9. The smallest absolute Gasteiger partial charge is 0.339 e. The number of nitrogen functional groups attached to an aromatic ring is 1. The van der Waals surface area contributed by atoms with Crippen LogP contribution in [0.1, 0.15) is 28.0 Å². The molecule has 0 amide bonds. The molecule has 0 spiro atoms. The van der Waals surface area contributed by atoms with Crippen LogP contribution in [0.15, 0.2) is 47.4 Å². The standard InChI is InChI=1S/C12H12N2.C7H6O6S/c13-12-8-4-1-2-6-10(8)14-11-7-3-5-9(11)12;8-6-2-1-4(14(11,12)13)3-5(6)7(9)10/h1-2,4,6H,3,5,7H2,(H2,13,14);1-3,8H,(H,9,10)(H,11,12,13). The Morgan fingerprint density at radius 3 is 2.50 bits per heavy atom. The Morgan fingerprint density at radius 1 is 1.11 bits per heavy atom. The van der Waals surface area contributed by atoms with E-state index < -0.39 is 32.3 Å². The van der Waals surface area contributed by atoms with Crippen molar-refractivity contribution in [3.8, 4) is 5.75 Å². The number of para-hydroxylation sites is 1. The SMILES string of the molecule is Nc1c2c(nc3ccccc13)CCC2.O=C(O)c1cc(S(=O)(=O)O)ccc1O. The van der Waals surface area contributed by atoms with Gasteiger partial charge in [0, 0.05) is 16.8 Å². The molecule has 5 N–H and O–H groups in total. The van der Waals surface area contributed by atoms with E-state index in [0.717, 1.165) is 41.6 Å². The molecular formula is C19H18N2O6S. The number of carboxylic acid groups (broad SMARTS) is 1. The molecule has 8 nitrogen and oxygen atoms in total. The number of rotatable bonds is 2. The molecule has 2 aromatic carbocycles. The molecule has 0 unspecified atom stereocenters. The van der Waals surface area contributed by atoms with Crippen molar-refractivity contribution in [2.45, 2.75) is 24.2 Å². The van der Waals surface area contributed by atoms with Crippen molar-refractivity contribution in [1.29, 1.82) is 0 Å². The zero-order chi connectivity index (χ0) is 20.5. The van der Waals surface area contributed by atoms with Crippen LogP contribution in [0, 0.1) is 0 Å². The van der Waals surface area contributed by atoms with E-state index in [1.54, 1.807) is 0 Å². The molecule has 1 heterocycles. The lowest BCUT2D eigenvalue weighted by Gasteiger charge is -2.07. The van der Waals surface area contributed by atoms with E-state index in [1.807, 2.05) is 18.2 Å². The number of benzene rings is 2. The number of aromatic hydroxyl groups is 1. The summed E-state index contributed by atoms with van der Waals surface area (Å²) in [6, 6.07) is 10.6. The predicted molar refractivity (Wildman–Crippen MR) is 103 cm³/mol. The van der Waals surface area contributed by atoms with Gasteiger partial charge in [-0.15, -0.1) is 0 Å². The molecular weight excluding hydrogens is 384 g/mol. The van der Waals surface area contributed by atoms with E-state index in [2.05, 4.69) is 11.1 Å². The van der Waals surface area contributed by atoms with Crippen LogP contribution in [-0.2, 0) is 23.0 Å². The molecule has 3 aromatic rings. The Bertz CT molecular complexity index is 1170. The van der Waals surface area contributed by atoms with Gasteiger partial charge < -0.3 is 15.9 Å². The highest BCUT2D eigenvalue weighted by molar-refractivity contribution is 7.85. The van der Waals surface area contributed by atoms with Gasteiger partial charge >= 0.3 is 5.97 Å². The molecule has 0 saturated heterocycles. The number of carbonyl (C=O) groups is 1. The van der Waals surface area contributed by atoms with Crippen LogP contribution in [0.4, 0.5) is 5.69 Å². The topological polar surface area (TPSA) is 151 Å². The summed E-state index contributed by atoms with van der Waals surface area (Å²) < 4.78 is 29.8. The van der Waals surface area contributed by atoms with Crippen molar-refractivity contribution in [1.82, 2.24) is 4.98 Å². The van der Waals surface area contributed by atoms with Gasteiger partial charge in [0.05, 0.1) is 10.4 Å². The molecule has 0 radical (unpaired) electrons. The van der Waals surface area contributed by atoms with E-state index in [9.17, 15) is 13.2 Å². The van der Waals surface area contributed by atoms with Crippen LogP contribution in [0.5, 0.6) is 5.75 Å². The number of nitrogens with zero attached hydrogens (tertiary/aromatic N) is 1. The second kappa shape index (κ2) is 7.45. The third-order valence-electron chi connectivity index (χ3n) is 4.46. The van der Waals surface area contributed by atoms with Crippen LogP contribution < -0.4 is 5.73 Å². The van der Waals surface area contributed by atoms with Crippen molar-refractivity contribution in [2.24, 2.45) is 0 Å². The molecule has 9 heteroatoms. The second-order valence-electron chi connectivity index (χ2n) is 6.28. The molecule has 1 aromatic heterocycles. The fourth-order valence-electron chi connectivity index (χ4n) is 3.10. The molecule has 0 fully saturated rings. The van der Waals surface area contributed by atoms with Crippen LogP contribution >= 0.6 is 0 Å². The van der Waals surface area contributed by atoms with Crippen molar-refractivity contribution >= 4 is 32.7 Å². The van der Waals surface area contributed by atoms with E-state index in [-0.39, 0.29) is 0 Å². The largest absolute Gasteiger partial charge is 0.507 e.